The Kier molecular flexibility index (Phi) is 19.1. The van der Waals surface area contributed by atoms with Crippen LogP contribution in [0.5, 0.6) is 0 Å². The van der Waals surface area contributed by atoms with Crippen LogP contribution >= 0.6 is 0 Å². The Morgan fingerprint density at radius 1 is 0.248 bits per heavy atom. The zero-order valence-electron chi connectivity index (χ0n) is 70.3. The number of anilines is 6. The second-order valence-electron chi connectivity index (χ2n) is 32.9. The summed E-state index contributed by atoms with van der Waals surface area (Å²) < 4.78 is 13.8. The largest absolute Gasteiger partial charge is 0.456 e. The highest BCUT2D eigenvalue weighted by molar-refractivity contribution is 6.09. The molecule has 9 heteroatoms. The van der Waals surface area contributed by atoms with Gasteiger partial charge in [-0.15, -0.1) is 0 Å². The first-order valence-electron chi connectivity index (χ1n) is 43.6. The summed E-state index contributed by atoms with van der Waals surface area (Å²) in [6.45, 7) is 2.19. The topological polar surface area (TPSA) is 108 Å². The molecular formula is C120H79N7O2. The van der Waals surface area contributed by atoms with Crippen LogP contribution in [0.2, 0.25) is 0 Å². The second-order valence-corrected chi connectivity index (χ2v) is 32.9. The zero-order valence-corrected chi connectivity index (χ0v) is 70.3. The highest BCUT2D eigenvalue weighted by Gasteiger charge is 2.50. The van der Waals surface area contributed by atoms with E-state index in [1.165, 1.54) is 11.1 Å². The molecule has 4 aromatic heterocycles. The van der Waals surface area contributed by atoms with Gasteiger partial charge in [0.25, 0.3) is 0 Å². The Morgan fingerprint density at radius 2 is 0.612 bits per heavy atom. The molecule has 129 heavy (non-hydrogen) atoms. The van der Waals surface area contributed by atoms with Crippen molar-refractivity contribution in [3.05, 3.63) is 517 Å². The van der Waals surface area contributed by atoms with Gasteiger partial charge in [-0.1, -0.05) is 364 Å². The van der Waals surface area contributed by atoms with Crippen LogP contribution < -0.4 is 9.80 Å². The van der Waals surface area contributed by atoms with Gasteiger partial charge in [0.1, 0.15) is 22.3 Å². The number of fused-ring (bicyclic) bond motifs is 10. The third-order valence-corrected chi connectivity index (χ3v) is 25.7. The number of aromatic nitrogens is 4. The van der Waals surface area contributed by atoms with Gasteiger partial charge in [0, 0.05) is 71.9 Å². The number of benzene rings is 18. The van der Waals surface area contributed by atoms with Gasteiger partial charge in [0.2, 0.25) is 0 Å². The predicted molar refractivity (Wildman–Crippen MR) is 525 cm³/mol. The van der Waals surface area contributed by atoms with Gasteiger partial charge in [-0.05, 0) is 176 Å². The summed E-state index contributed by atoms with van der Waals surface area (Å²) in [6, 6.07) is 165. The fourth-order valence-corrected chi connectivity index (χ4v) is 19.9. The molecule has 0 fully saturated rings. The second kappa shape index (κ2) is 32.2. The fourth-order valence-electron chi connectivity index (χ4n) is 19.9. The molecule has 0 amide bonds. The van der Waals surface area contributed by atoms with E-state index in [-0.39, 0.29) is 0 Å². The molecule has 0 saturated heterocycles. The van der Waals surface area contributed by atoms with E-state index in [2.05, 4.69) is 375 Å². The molecule has 0 radical (unpaired) electrons. The average Bonchev–Trinajstić information content (AvgIpc) is 1.42. The van der Waals surface area contributed by atoms with Crippen molar-refractivity contribution in [2.75, 3.05) is 9.80 Å². The summed E-state index contributed by atoms with van der Waals surface area (Å²) in [5, 5.41) is 14.9. The van der Waals surface area contributed by atoms with E-state index in [0.717, 1.165) is 190 Å². The normalized spacial score (nSPS) is 13.5. The van der Waals surface area contributed by atoms with Crippen molar-refractivity contribution in [3.8, 4) is 96.1 Å². The summed E-state index contributed by atoms with van der Waals surface area (Å²) in [6.07, 6.45) is 0. The van der Waals surface area contributed by atoms with Gasteiger partial charge in [-0.2, -0.15) is 5.26 Å². The van der Waals surface area contributed by atoms with Crippen molar-refractivity contribution in [2.45, 2.75) is 17.8 Å². The zero-order chi connectivity index (χ0) is 85.9. The maximum absolute atomic E-state index is 10.5. The molecule has 0 spiro atoms. The lowest BCUT2D eigenvalue weighted by Crippen LogP contribution is -2.38. The van der Waals surface area contributed by atoms with Crippen molar-refractivity contribution in [1.82, 2.24) is 19.9 Å². The van der Waals surface area contributed by atoms with Crippen LogP contribution in [-0.4, -0.2) is 19.9 Å². The summed E-state index contributed by atoms with van der Waals surface area (Å²) in [7, 11) is 0. The molecule has 1 unspecified atom stereocenters. The van der Waals surface area contributed by atoms with Crippen molar-refractivity contribution in [3.63, 3.8) is 0 Å². The molecule has 606 valence electrons. The lowest BCUT2D eigenvalue weighted by Gasteiger charge is -2.46. The third-order valence-electron chi connectivity index (χ3n) is 25.7. The maximum atomic E-state index is 10.5. The van der Waals surface area contributed by atoms with Crippen LogP contribution in [0.1, 0.15) is 55.6 Å². The molecule has 0 bridgehead atoms. The van der Waals surface area contributed by atoms with Crippen LogP contribution in [0.4, 0.5) is 34.1 Å². The van der Waals surface area contributed by atoms with Gasteiger partial charge in [-0.3, -0.25) is 0 Å². The van der Waals surface area contributed by atoms with Gasteiger partial charge >= 0.3 is 0 Å². The standard InChI is InChI=1S/C61H39N3O.C59H40N4O/c62-40-43-23-10-11-26-49(43)46-35-44(45-38-55(41-19-4-1-5-20-41)63-56(39-45)42-21-6-2-7-22-42)36-48(37-46)64-57-32-15-13-29-52(57)61(47-24-8-3-9-25-47,53-30-14-16-33-58(53)64)54-31-18-28-51-50-27-12-17-34-59(50)65-60(51)54;1-39-18-11-12-25-46(39)43-34-37-50-53(38-43)63(45-35-32-42(33-36-45)58-61-56(40-19-5-2-6-20-40)60-57(62-58)41-21-7-3-8-22-41)52-30-15-14-28-49(52)59(50,44-23-9-4-10-24-44)51-29-17-27-48-47-26-13-16-31-54(47)64-55(48)51/h1-39H;2-38H,1H3. The van der Waals surface area contributed by atoms with Gasteiger partial charge < -0.3 is 18.6 Å². The lowest BCUT2D eigenvalue weighted by molar-refractivity contribution is 0.643. The number of para-hydroxylation sites is 7. The number of rotatable bonds is 14. The van der Waals surface area contributed by atoms with Crippen molar-refractivity contribution >= 4 is 78.0 Å². The van der Waals surface area contributed by atoms with E-state index >= 15 is 0 Å². The molecule has 1 atom stereocenters. The minimum Gasteiger partial charge on any atom is -0.456 e. The van der Waals surface area contributed by atoms with E-state index in [0.29, 0.717) is 23.0 Å². The number of pyridine rings is 1. The quantitative estimate of drug-likeness (QED) is 0.105. The molecule has 18 aromatic carbocycles. The Morgan fingerprint density at radius 3 is 1.10 bits per heavy atom. The first kappa shape index (κ1) is 76.7. The van der Waals surface area contributed by atoms with Crippen LogP contribution in [0, 0.1) is 18.3 Å². The van der Waals surface area contributed by atoms with E-state index < -0.39 is 10.8 Å². The number of furan rings is 2. The molecule has 0 aliphatic carbocycles. The van der Waals surface area contributed by atoms with E-state index in [1.54, 1.807) is 0 Å². The Hall–Kier alpha value is -17.2. The first-order valence-corrected chi connectivity index (χ1v) is 43.6. The molecule has 9 nitrogen and oxygen atoms in total. The molecule has 22 aromatic rings. The van der Waals surface area contributed by atoms with Gasteiger partial charge in [-0.25, -0.2) is 19.9 Å². The van der Waals surface area contributed by atoms with E-state index in [4.69, 9.17) is 28.8 Å². The van der Waals surface area contributed by atoms with Crippen LogP contribution in [0.3, 0.4) is 0 Å². The molecule has 0 saturated carbocycles. The third kappa shape index (κ3) is 13.1. The molecule has 0 N–H and O–H groups in total. The Balaban J connectivity index is 0.000000147. The molecule has 2 aliphatic heterocycles. The SMILES string of the molecule is Cc1ccccc1-c1ccc2c(c1)N(c1ccc(-c3nc(-c4ccccc4)nc(-c4ccccc4)n3)cc1)c1ccccc1C2(c1ccccc1)c1cccc2c1oc1ccccc12.N#Cc1ccccc1-c1cc(-c2cc(-c3ccccc3)nc(-c3ccccc3)c2)cc(N2c3ccccc3C(c3ccccc3)(c3cccc4c3oc3ccccc34)c3ccccc32)c1. The van der Waals surface area contributed by atoms with Crippen LogP contribution in [-0.2, 0) is 10.8 Å². The van der Waals surface area contributed by atoms with E-state index in [1.807, 2.05) is 109 Å². The number of nitrogens with zero attached hydrogens (tertiary/aromatic N) is 7. The summed E-state index contributed by atoms with van der Waals surface area (Å²) in [4.78, 5) is 25.1. The summed E-state index contributed by atoms with van der Waals surface area (Å²) in [5.41, 5.74) is 31.9. The predicted octanol–water partition coefficient (Wildman–Crippen LogP) is 30.6. The highest BCUT2D eigenvalue weighted by Crippen LogP contribution is 2.62. The molecule has 6 heterocycles. The van der Waals surface area contributed by atoms with Crippen molar-refractivity contribution < 1.29 is 8.83 Å². The number of aryl methyl sites for hydroxylation is 1. The smallest absolute Gasteiger partial charge is 0.164 e. The highest BCUT2D eigenvalue weighted by atomic mass is 16.3. The van der Waals surface area contributed by atoms with Gasteiger partial charge in [0.05, 0.1) is 56.6 Å². The van der Waals surface area contributed by atoms with Crippen molar-refractivity contribution in [1.29, 1.82) is 5.26 Å². The monoisotopic (exact) mass is 1650 g/mol. The van der Waals surface area contributed by atoms with Crippen LogP contribution in [0.15, 0.2) is 470 Å². The van der Waals surface area contributed by atoms with E-state index in [9.17, 15) is 5.26 Å². The minimum atomic E-state index is -0.771. The maximum Gasteiger partial charge on any atom is 0.164 e. The van der Waals surface area contributed by atoms with Crippen LogP contribution in [0.25, 0.3) is 134 Å². The summed E-state index contributed by atoms with van der Waals surface area (Å²) in [5.74, 6) is 1.88. The number of hydrogen-bond donors (Lipinski definition) is 0. The Labute approximate surface area is 747 Å². The number of nitriles is 1. The Bertz CT molecular complexity index is 7930. The lowest BCUT2D eigenvalue weighted by atomic mass is 9.62. The summed E-state index contributed by atoms with van der Waals surface area (Å²) >= 11 is 0. The fraction of sp³-hybridized carbons (Fsp3) is 0.0250. The molecule has 2 aliphatic rings. The average molecular weight is 1650 g/mol. The molecular weight excluding hydrogens is 1570 g/mol. The number of hydrogen-bond acceptors (Lipinski definition) is 9. The van der Waals surface area contributed by atoms with Gasteiger partial charge in [0.15, 0.2) is 17.5 Å². The van der Waals surface area contributed by atoms with Crippen molar-refractivity contribution in [2.24, 2.45) is 0 Å². The minimum absolute atomic E-state index is 0.613. The molecule has 24 rings (SSSR count). The first-order chi connectivity index (χ1) is 63.8.